The summed E-state index contributed by atoms with van der Waals surface area (Å²) in [6, 6.07) is 10.4. The van der Waals surface area contributed by atoms with Crippen molar-refractivity contribution in [2.24, 2.45) is 4.99 Å². The van der Waals surface area contributed by atoms with E-state index in [1.54, 1.807) is 0 Å². The molecule has 19 heavy (non-hydrogen) atoms. The van der Waals surface area contributed by atoms with Crippen LogP contribution in [0.5, 0.6) is 0 Å². The lowest BCUT2D eigenvalue weighted by atomic mass is 10.2. The first-order valence-corrected chi connectivity index (χ1v) is 6.85. The molecule has 1 aromatic carbocycles. The Balaban J connectivity index is 0.00000324. The molecule has 0 aliphatic heterocycles. The van der Waals surface area contributed by atoms with E-state index in [0.29, 0.717) is 0 Å². The average Bonchev–Trinajstić information content (AvgIpc) is 2.43. The first-order chi connectivity index (χ1) is 8.86. The van der Waals surface area contributed by atoms with Gasteiger partial charge in [0.15, 0.2) is 5.96 Å². The van der Waals surface area contributed by atoms with E-state index in [4.69, 9.17) is 0 Å². The summed E-state index contributed by atoms with van der Waals surface area (Å²) < 4.78 is 0. The summed E-state index contributed by atoms with van der Waals surface area (Å²) in [7, 11) is 1.81. The first-order valence-electron chi connectivity index (χ1n) is 6.85. The fourth-order valence-electron chi connectivity index (χ4n) is 1.76. The van der Waals surface area contributed by atoms with Crippen molar-refractivity contribution < 1.29 is 0 Å². The number of halogens is 1. The number of nitrogens with one attached hydrogen (secondary N) is 2. The Morgan fingerprint density at radius 1 is 1.05 bits per heavy atom. The summed E-state index contributed by atoms with van der Waals surface area (Å²) in [6.07, 6.45) is 5.10. The molecule has 0 saturated carbocycles. The van der Waals surface area contributed by atoms with Gasteiger partial charge in [-0.3, -0.25) is 4.99 Å². The molecule has 0 aromatic heterocycles. The van der Waals surface area contributed by atoms with E-state index in [9.17, 15) is 0 Å². The van der Waals surface area contributed by atoms with Crippen LogP contribution in [0, 0.1) is 0 Å². The van der Waals surface area contributed by atoms with Gasteiger partial charge in [0, 0.05) is 20.1 Å². The lowest BCUT2D eigenvalue weighted by molar-refractivity contribution is 0.647. The minimum Gasteiger partial charge on any atom is -0.356 e. The maximum atomic E-state index is 4.22. The van der Waals surface area contributed by atoms with Gasteiger partial charge in [0.25, 0.3) is 0 Å². The highest BCUT2D eigenvalue weighted by Crippen LogP contribution is 1.98. The Labute approximate surface area is 134 Å². The van der Waals surface area contributed by atoms with Crippen LogP contribution >= 0.6 is 24.0 Å². The molecular weight excluding hydrogens is 349 g/mol. The number of unbranched alkanes of at least 4 members (excludes halogenated alkanes) is 3. The second-order valence-corrected chi connectivity index (χ2v) is 4.40. The molecule has 0 atom stereocenters. The van der Waals surface area contributed by atoms with E-state index in [0.717, 1.165) is 19.0 Å². The Kier molecular flexibility index (Phi) is 11.8. The molecule has 0 heterocycles. The van der Waals surface area contributed by atoms with Crippen LogP contribution in [0.25, 0.3) is 0 Å². The van der Waals surface area contributed by atoms with Gasteiger partial charge in [0.05, 0.1) is 0 Å². The highest BCUT2D eigenvalue weighted by molar-refractivity contribution is 14.0. The van der Waals surface area contributed by atoms with Gasteiger partial charge in [-0.1, -0.05) is 56.5 Å². The molecule has 1 rings (SSSR count). The second kappa shape index (κ2) is 12.3. The van der Waals surface area contributed by atoms with Crippen LogP contribution in [0.15, 0.2) is 35.3 Å². The predicted molar refractivity (Wildman–Crippen MR) is 94.2 cm³/mol. The van der Waals surface area contributed by atoms with Crippen molar-refractivity contribution in [1.29, 1.82) is 0 Å². The molecule has 0 amide bonds. The van der Waals surface area contributed by atoms with Gasteiger partial charge in [-0.05, 0) is 12.0 Å². The van der Waals surface area contributed by atoms with Crippen molar-refractivity contribution in [3.8, 4) is 0 Å². The zero-order valence-electron chi connectivity index (χ0n) is 12.0. The Morgan fingerprint density at radius 2 is 1.79 bits per heavy atom. The van der Waals surface area contributed by atoms with Crippen LogP contribution in [0.2, 0.25) is 0 Å². The quantitative estimate of drug-likeness (QED) is 0.331. The van der Waals surface area contributed by atoms with Crippen molar-refractivity contribution in [3.05, 3.63) is 35.9 Å². The molecule has 0 bridgehead atoms. The molecule has 0 unspecified atom stereocenters. The van der Waals surface area contributed by atoms with Crippen LogP contribution in [0.1, 0.15) is 38.2 Å². The highest BCUT2D eigenvalue weighted by atomic mass is 127. The molecule has 0 saturated heterocycles. The molecule has 108 valence electrons. The zero-order valence-corrected chi connectivity index (χ0v) is 14.3. The van der Waals surface area contributed by atoms with E-state index < -0.39 is 0 Å². The van der Waals surface area contributed by atoms with E-state index in [1.807, 2.05) is 13.1 Å². The van der Waals surface area contributed by atoms with Gasteiger partial charge < -0.3 is 10.6 Å². The van der Waals surface area contributed by atoms with Gasteiger partial charge in [0.2, 0.25) is 0 Å². The average molecular weight is 375 g/mol. The van der Waals surface area contributed by atoms with Crippen LogP contribution < -0.4 is 10.6 Å². The van der Waals surface area contributed by atoms with E-state index in [1.165, 1.54) is 31.2 Å². The summed E-state index contributed by atoms with van der Waals surface area (Å²) in [4.78, 5) is 4.22. The third kappa shape index (κ3) is 8.86. The first kappa shape index (κ1) is 18.2. The summed E-state index contributed by atoms with van der Waals surface area (Å²) in [5.74, 6) is 0.885. The van der Waals surface area contributed by atoms with Crippen LogP contribution in [0.3, 0.4) is 0 Å². The largest absolute Gasteiger partial charge is 0.356 e. The fraction of sp³-hybridized carbons (Fsp3) is 0.533. The molecule has 0 fully saturated rings. The highest BCUT2D eigenvalue weighted by Gasteiger charge is 1.97. The maximum Gasteiger partial charge on any atom is 0.191 e. The SMILES string of the molecule is CCCCCCNC(=NC)NCc1ccccc1.I. The fourth-order valence-corrected chi connectivity index (χ4v) is 1.76. The monoisotopic (exact) mass is 375 g/mol. The van der Waals surface area contributed by atoms with Crippen LogP contribution in [-0.2, 0) is 6.54 Å². The number of hydrogen-bond donors (Lipinski definition) is 2. The van der Waals surface area contributed by atoms with Crippen molar-refractivity contribution >= 4 is 29.9 Å². The summed E-state index contributed by atoms with van der Waals surface area (Å²) in [6.45, 7) is 4.04. The lowest BCUT2D eigenvalue weighted by Gasteiger charge is -2.11. The molecule has 0 aliphatic rings. The van der Waals surface area contributed by atoms with E-state index in [-0.39, 0.29) is 24.0 Å². The van der Waals surface area contributed by atoms with Crippen molar-refractivity contribution in [2.75, 3.05) is 13.6 Å². The molecule has 0 spiro atoms. The lowest BCUT2D eigenvalue weighted by Crippen LogP contribution is -2.37. The number of guanidine groups is 1. The summed E-state index contributed by atoms with van der Waals surface area (Å²) in [5, 5.41) is 6.65. The second-order valence-electron chi connectivity index (χ2n) is 4.40. The molecule has 0 aliphatic carbocycles. The maximum absolute atomic E-state index is 4.22. The molecule has 3 nitrogen and oxygen atoms in total. The predicted octanol–water partition coefficient (Wildman–Crippen LogP) is 3.55. The summed E-state index contributed by atoms with van der Waals surface area (Å²) >= 11 is 0. The third-order valence-electron chi connectivity index (χ3n) is 2.85. The Hall–Kier alpha value is -0.780. The molecule has 2 N–H and O–H groups in total. The third-order valence-corrected chi connectivity index (χ3v) is 2.85. The number of aliphatic imine (C=N–C) groups is 1. The van der Waals surface area contributed by atoms with Crippen LogP contribution in [-0.4, -0.2) is 19.6 Å². The molecule has 1 aromatic rings. The van der Waals surface area contributed by atoms with Gasteiger partial charge in [0.1, 0.15) is 0 Å². The molecule has 4 heteroatoms. The Morgan fingerprint density at radius 3 is 2.42 bits per heavy atom. The molecular formula is C15H26IN3. The minimum atomic E-state index is 0. The zero-order chi connectivity index (χ0) is 13.1. The molecule has 0 radical (unpaired) electrons. The van der Waals surface area contributed by atoms with Gasteiger partial charge >= 0.3 is 0 Å². The van der Waals surface area contributed by atoms with Crippen molar-refractivity contribution in [3.63, 3.8) is 0 Å². The van der Waals surface area contributed by atoms with Gasteiger partial charge in [-0.2, -0.15) is 0 Å². The standard InChI is InChI=1S/C15H25N3.HI/c1-3-4-5-9-12-17-15(16-2)18-13-14-10-7-6-8-11-14;/h6-8,10-11H,3-5,9,12-13H2,1-2H3,(H2,16,17,18);1H. The summed E-state index contributed by atoms with van der Waals surface area (Å²) in [5.41, 5.74) is 1.27. The number of rotatable bonds is 7. The van der Waals surface area contributed by atoms with Crippen LogP contribution in [0.4, 0.5) is 0 Å². The normalized spacial score (nSPS) is 10.7. The smallest absolute Gasteiger partial charge is 0.191 e. The number of hydrogen-bond acceptors (Lipinski definition) is 1. The number of nitrogens with zero attached hydrogens (tertiary/aromatic N) is 1. The van der Waals surface area contributed by atoms with Crippen molar-refractivity contribution in [1.82, 2.24) is 10.6 Å². The Bertz CT molecular complexity index is 339. The van der Waals surface area contributed by atoms with Gasteiger partial charge in [-0.25, -0.2) is 0 Å². The van der Waals surface area contributed by atoms with Crippen molar-refractivity contribution in [2.45, 2.75) is 39.2 Å². The topological polar surface area (TPSA) is 36.4 Å². The number of benzene rings is 1. The van der Waals surface area contributed by atoms with E-state index in [2.05, 4.69) is 46.8 Å². The van der Waals surface area contributed by atoms with Gasteiger partial charge in [-0.15, -0.1) is 24.0 Å². The van der Waals surface area contributed by atoms with E-state index >= 15 is 0 Å². The minimum absolute atomic E-state index is 0.